The van der Waals surface area contributed by atoms with Crippen molar-refractivity contribution in [2.45, 2.75) is 71.3 Å². The van der Waals surface area contributed by atoms with E-state index in [-0.39, 0.29) is 17.1 Å². The number of carbonyl (C=O) groups excluding carboxylic acids is 1. The van der Waals surface area contributed by atoms with Gasteiger partial charge in [-0.05, 0) is 47.9 Å². The van der Waals surface area contributed by atoms with Gasteiger partial charge in [0.05, 0.1) is 5.57 Å². The lowest BCUT2D eigenvalue weighted by molar-refractivity contribution is -0.161. The van der Waals surface area contributed by atoms with Crippen molar-refractivity contribution in [3.63, 3.8) is 0 Å². The Morgan fingerprint density at radius 2 is 1.81 bits per heavy atom. The van der Waals surface area contributed by atoms with Crippen molar-refractivity contribution in [2.75, 3.05) is 5.73 Å². The minimum atomic E-state index is -0.673. The molecule has 0 spiro atoms. The molecule has 1 heterocycles. The van der Waals surface area contributed by atoms with Gasteiger partial charge in [-0.25, -0.2) is 4.79 Å². The van der Waals surface area contributed by atoms with Crippen LogP contribution < -0.4 is 5.73 Å². The Kier molecular flexibility index (Phi) is 6.78. The van der Waals surface area contributed by atoms with E-state index in [1.807, 2.05) is 42.5 Å². The van der Waals surface area contributed by atoms with Crippen LogP contribution >= 0.6 is 0 Å². The molecule has 4 nitrogen and oxygen atoms in total. The largest absolute Gasteiger partial charge is 0.512 e. The van der Waals surface area contributed by atoms with E-state index in [1.54, 1.807) is 0 Å². The van der Waals surface area contributed by atoms with Gasteiger partial charge < -0.3 is 15.6 Å². The molecule has 0 saturated carbocycles. The number of rotatable bonds is 7. The fourth-order valence-corrected chi connectivity index (χ4v) is 4.80. The van der Waals surface area contributed by atoms with Gasteiger partial charge in [-0.1, -0.05) is 76.6 Å². The van der Waals surface area contributed by atoms with Crippen LogP contribution in [0, 0.1) is 5.41 Å². The van der Waals surface area contributed by atoms with Gasteiger partial charge in [0.1, 0.15) is 11.4 Å². The summed E-state index contributed by atoms with van der Waals surface area (Å²) >= 11 is 0. The number of ether oxygens (including phenoxy) is 1. The zero-order valence-corrected chi connectivity index (χ0v) is 19.2. The fourth-order valence-electron chi connectivity index (χ4n) is 4.80. The molecule has 0 bridgehead atoms. The second-order valence-electron chi connectivity index (χ2n) is 9.81. The number of anilines is 1. The van der Waals surface area contributed by atoms with Gasteiger partial charge >= 0.3 is 5.97 Å². The molecule has 0 amide bonds. The maximum atomic E-state index is 13.4. The lowest BCUT2D eigenvalue weighted by Gasteiger charge is -2.41. The van der Waals surface area contributed by atoms with Crippen LogP contribution in [-0.4, -0.2) is 16.7 Å². The molecule has 3 N–H and O–H groups in total. The van der Waals surface area contributed by atoms with Crippen molar-refractivity contribution in [3.05, 3.63) is 77.1 Å². The standard InChI is InChI=1S/C27H35NO3/c1-5-15-27(16-14-19-10-7-6-8-11-19)18-22(29)23(25(30)31-27)24(26(2,3)4)20-12-9-13-21(28)17-20/h6-13,17,24,29H,5,14-16,18,28H2,1-4H3/t24-,27-/m1/s1. The third kappa shape index (κ3) is 5.30. The predicted octanol–water partition coefficient (Wildman–Crippen LogP) is 6.33. The van der Waals surface area contributed by atoms with Crippen molar-refractivity contribution < 1.29 is 14.6 Å². The Bertz CT molecular complexity index is 942. The zero-order chi connectivity index (χ0) is 22.6. The molecular formula is C27H35NO3. The quantitative estimate of drug-likeness (QED) is 0.405. The summed E-state index contributed by atoms with van der Waals surface area (Å²) < 4.78 is 6.16. The highest BCUT2D eigenvalue weighted by atomic mass is 16.6. The van der Waals surface area contributed by atoms with Crippen molar-refractivity contribution >= 4 is 11.7 Å². The van der Waals surface area contributed by atoms with Gasteiger partial charge in [0.2, 0.25) is 0 Å². The molecule has 2 aromatic carbocycles. The van der Waals surface area contributed by atoms with Gasteiger partial charge in [-0.3, -0.25) is 0 Å². The van der Waals surface area contributed by atoms with E-state index in [1.165, 1.54) is 5.56 Å². The van der Waals surface area contributed by atoms with Crippen LogP contribution in [0.1, 0.15) is 70.4 Å². The summed E-state index contributed by atoms with van der Waals surface area (Å²) in [7, 11) is 0. The third-order valence-electron chi connectivity index (χ3n) is 6.15. The van der Waals surface area contributed by atoms with E-state index in [9.17, 15) is 9.90 Å². The minimum absolute atomic E-state index is 0.153. The smallest absolute Gasteiger partial charge is 0.338 e. The molecule has 0 fully saturated rings. The number of nitrogen functional groups attached to an aromatic ring is 1. The summed E-state index contributed by atoms with van der Waals surface area (Å²) in [4.78, 5) is 13.4. The highest BCUT2D eigenvalue weighted by Crippen LogP contribution is 2.47. The van der Waals surface area contributed by atoms with Crippen molar-refractivity contribution in [1.29, 1.82) is 0 Å². The minimum Gasteiger partial charge on any atom is -0.512 e. The monoisotopic (exact) mass is 421 g/mol. The Morgan fingerprint density at radius 3 is 2.39 bits per heavy atom. The van der Waals surface area contributed by atoms with E-state index in [2.05, 4.69) is 39.8 Å². The number of nitrogens with two attached hydrogens (primary N) is 1. The number of esters is 1. The van der Waals surface area contributed by atoms with Crippen LogP contribution in [0.4, 0.5) is 5.69 Å². The molecule has 0 saturated heterocycles. The number of benzene rings is 2. The molecule has 3 rings (SSSR count). The van der Waals surface area contributed by atoms with Crippen LogP contribution in [0.5, 0.6) is 0 Å². The molecule has 1 aliphatic heterocycles. The molecule has 2 aromatic rings. The first kappa shape index (κ1) is 22.9. The van der Waals surface area contributed by atoms with E-state index < -0.39 is 11.6 Å². The third-order valence-corrected chi connectivity index (χ3v) is 6.15. The molecular weight excluding hydrogens is 386 g/mol. The number of aliphatic hydroxyl groups excluding tert-OH is 1. The van der Waals surface area contributed by atoms with Crippen LogP contribution in [0.2, 0.25) is 0 Å². The highest BCUT2D eigenvalue weighted by Gasteiger charge is 2.45. The summed E-state index contributed by atoms with van der Waals surface area (Å²) in [5.74, 6) is -0.565. The Hall–Kier alpha value is -2.75. The molecule has 4 heteroatoms. The maximum absolute atomic E-state index is 13.4. The number of hydrogen-bond donors (Lipinski definition) is 2. The molecule has 2 atom stereocenters. The average molecular weight is 422 g/mol. The normalized spacial score (nSPS) is 20.5. The summed E-state index contributed by atoms with van der Waals surface area (Å²) in [6.45, 7) is 8.28. The average Bonchev–Trinajstić information content (AvgIpc) is 2.69. The summed E-state index contributed by atoms with van der Waals surface area (Å²) in [5, 5.41) is 11.2. The Morgan fingerprint density at radius 1 is 1.10 bits per heavy atom. The van der Waals surface area contributed by atoms with Crippen LogP contribution in [-0.2, 0) is 16.0 Å². The van der Waals surface area contributed by atoms with Crippen molar-refractivity contribution in [2.24, 2.45) is 5.41 Å². The van der Waals surface area contributed by atoms with Gasteiger partial charge in [0.25, 0.3) is 0 Å². The number of carbonyl (C=O) groups is 1. The summed E-state index contributed by atoms with van der Waals surface area (Å²) in [6, 6.07) is 17.8. The molecule has 31 heavy (non-hydrogen) atoms. The predicted molar refractivity (Wildman–Crippen MR) is 126 cm³/mol. The first-order valence-corrected chi connectivity index (χ1v) is 11.2. The summed E-state index contributed by atoms with van der Waals surface area (Å²) in [5.41, 5.74) is 8.17. The number of aryl methyl sites for hydroxylation is 1. The molecule has 0 radical (unpaired) electrons. The molecule has 166 valence electrons. The Labute approximate surface area is 186 Å². The van der Waals surface area contributed by atoms with Gasteiger partial charge in [0, 0.05) is 18.0 Å². The second-order valence-corrected chi connectivity index (χ2v) is 9.81. The zero-order valence-electron chi connectivity index (χ0n) is 19.2. The lowest BCUT2D eigenvalue weighted by atomic mass is 9.70. The number of hydrogen-bond acceptors (Lipinski definition) is 4. The molecule has 0 aliphatic carbocycles. The second kappa shape index (κ2) is 9.17. The van der Waals surface area contributed by atoms with E-state index in [0.717, 1.165) is 24.8 Å². The van der Waals surface area contributed by atoms with E-state index in [0.29, 0.717) is 24.1 Å². The van der Waals surface area contributed by atoms with Crippen LogP contribution in [0.3, 0.4) is 0 Å². The van der Waals surface area contributed by atoms with Gasteiger partial charge in [0.15, 0.2) is 0 Å². The first-order chi connectivity index (χ1) is 14.6. The topological polar surface area (TPSA) is 72.5 Å². The van der Waals surface area contributed by atoms with Crippen molar-refractivity contribution in [1.82, 2.24) is 0 Å². The van der Waals surface area contributed by atoms with Gasteiger partial charge in [-0.15, -0.1) is 0 Å². The highest BCUT2D eigenvalue weighted by molar-refractivity contribution is 5.92. The SMILES string of the molecule is CCC[C@@]1(CCc2ccccc2)CC(O)=C([C@@H](c2cccc(N)c2)C(C)(C)C)C(=O)O1. The Balaban J connectivity index is 1.96. The molecule has 1 aliphatic rings. The van der Waals surface area contributed by atoms with Crippen LogP contribution in [0.25, 0.3) is 0 Å². The van der Waals surface area contributed by atoms with Crippen LogP contribution in [0.15, 0.2) is 65.9 Å². The first-order valence-electron chi connectivity index (χ1n) is 11.2. The van der Waals surface area contributed by atoms with E-state index in [4.69, 9.17) is 10.5 Å². The fraction of sp³-hybridized carbons (Fsp3) is 0.444. The molecule has 0 unspecified atom stereocenters. The number of aliphatic hydroxyl groups is 1. The summed E-state index contributed by atoms with van der Waals surface area (Å²) in [6.07, 6.45) is 3.44. The van der Waals surface area contributed by atoms with Gasteiger partial charge in [-0.2, -0.15) is 0 Å². The number of cyclic esters (lactones) is 1. The maximum Gasteiger partial charge on any atom is 0.338 e. The molecule has 0 aromatic heterocycles. The van der Waals surface area contributed by atoms with E-state index >= 15 is 0 Å². The van der Waals surface area contributed by atoms with Crippen molar-refractivity contribution in [3.8, 4) is 0 Å². The lowest BCUT2D eigenvalue weighted by Crippen LogP contribution is -2.43.